The molecular formula is C7H10N2O2. The van der Waals surface area contributed by atoms with Gasteiger partial charge >= 0.3 is 6.21 Å². The average molecular weight is 154 g/mol. The molecule has 0 N–H and O–H groups in total. The van der Waals surface area contributed by atoms with E-state index in [1.54, 1.807) is 0 Å². The smallest absolute Gasteiger partial charge is 0.323 e. The van der Waals surface area contributed by atoms with Gasteiger partial charge in [-0.1, -0.05) is 0 Å². The standard InChI is InChI=1S/C7H10N2O2/c8-9-5-7(10)6-1-3-11-4-2-6/h5-6H,1-4H2. The fraction of sp³-hybridized carbons (Fsp3) is 0.714. The fourth-order valence-electron chi connectivity index (χ4n) is 1.14. The quantitative estimate of drug-likeness (QED) is 0.326. The van der Waals surface area contributed by atoms with Crippen LogP contribution < -0.4 is 0 Å². The molecule has 1 fully saturated rings. The van der Waals surface area contributed by atoms with Crippen molar-refractivity contribution in [2.45, 2.75) is 12.8 Å². The molecule has 1 aliphatic heterocycles. The Morgan fingerprint density at radius 3 is 2.73 bits per heavy atom. The summed E-state index contributed by atoms with van der Waals surface area (Å²) in [5, 5.41) is 0. The van der Waals surface area contributed by atoms with Crippen LogP contribution in [0.15, 0.2) is 0 Å². The third-order valence-electron chi connectivity index (χ3n) is 1.81. The predicted octanol–water partition coefficient (Wildman–Crippen LogP) is 0.283. The van der Waals surface area contributed by atoms with Gasteiger partial charge in [0.15, 0.2) is 0 Å². The van der Waals surface area contributed by atoms with Gasteiger partial charge in [0.25, 0.3) is 0 Å². The zero-order chi connectivity index (χ0) is 8.10. The van der Waals surface area contributed by atoms with E-state index < -0.39 is 0 Å². The van der Waals surface area contributed by atoms with Crippen LogP contribution >= 0.6 is 0 Å². The summed E-state index contributed by atoms with van der Waals surface area (Å²) >= 11 is 0. The normalized spacial score (nSPS) is 18.9. The van der Waals surface area contributed by atoms with E-state index in [0.717, 1.165) is 19.1 Å². The summed E-state index contributed by atoms with van der Waals surface area (Å²) in [6.45, 7) is 1.27. The molecule has 1 aliphatic rings. The van der Waals surface area contributed by atoms with Crippen LogP contribution in [0.2, 0.25) is 0 Å². The molecule has 0 aromatic heterocycles. The Labute approximate surface area is 64.8 Å². The van der Waals surface area contributed by atoms with Crippen LogP contribution in [0.5, 0.6) is 0 Å². The second-order valence-corrected chi connectivity index (χ2v) is 2.53. The number of Topliss-reactive ketones (excluding diaryl/α,β-unsaturated/α-hetero) is 1. The largest absolute Gasteiger partial charge is 0.381 e. The lowest BCUT2D eigenvalue weighted by atomic mass is 9.96. The third-order valence-corrected chi connectivity index (χ3v) is 1.81. The summed E-state index contributed by atoms with van der Waals surface area (Å²) in [5.74, 6) is -0.101. The van der Waals surface area contributed by atoms with Gasteiger partial charge < -0.3 is 10.3 Å². The van der Waals surface area contributed by atoms with Crippen molar-refractivity contribution >= 4 is 12.0 Å². The van der Waals surface area contributed by atoms with E-state index in [-0.39, 0.29) is 11.7 Å². The van der Waals surface area contributed by atoms with Crippen molar-refractivity contribution in [3.05, 3.63) is 5.53 Å². The van der Waals surface area contributed by atoms with Gasteiger partial charge in [0.1, 0.15) is 0 Å². The lowest BCUT2D eigenvalue weighted by Gasteiger charge is -2.17. The van der Waals surface area contributed by atoms with Crippen molar-refractivity contribution < 1.29 is 14.3 Å². The molecule has 4 nitrogen and oxygen atoms in total. The molecule has 0 spiro atoms. The van der Waals surface area contributed by atoms with Crippen molar-refractivity contribution in [1.29, 1.82) is 0 Å². The first-order valence-electron chi connectivity index (χ1n) is 3.63. The highest BCUT2D eigenvalue weighted by Crippen LogP contribution is 2.14. The highest BCUT2D eigenvalue weighted by molar-refractivity contribution is 6.26. The summed E-state index contributed by atoms with van der Waals surface area (Å²) in [5.41, 5.74) is 8.08. The zero-order valence-electron chi connectivity index (χ0n) is 6.19. The van der Waals surface area contributed by atoms with Crippen LogP contribution in [0.1, 0.15) is 12.8 Å². The molecule has 0 atom stereocenters. The van der Waals surface area contributed by atoms with Crippen molar-refractivity contribution in [2.75, 3.05) is 13.2 Å². The van der Waals surface area contributed by atoms with E-state index >= 15 is 0 Å². The van der Waals surface area contributed by atoms with Crippen molar-refractivity contribution in [3.63, 3.8) is 0 Å². The Balaban J connectivity index is 2.44. The molecule has 0 radical (unpaired) electrons. The third kappa shape index (κ3) is 2.26. The van der Waals surface area contributed by atoms with Gasteiger partial charge in [-0.15, -0.1) is 0 Å². The second-order valence-electron chi connectivity index (χ2n) is 2.53. The van der Waals surface area contributed by atoms with Crippen LogP contribution in [-0.4, -0.2) is 30.0 Å². The Morgan fingerprint density at radius 2 is 2.18 bits per heavy atom. The molecule has 11 heavy (non-hydrogen) atoms. The van der Waals surface area contributed by atoms with Crippen molar-refractivity contribution in [1.82, 2.24) is 0 Å². The molecule has 1 rings (SSSR count). The molecule has 0 aromatic rings. The molecular weight excluding hydrogens is 144 g/mol. The summed E-state index contributed by atoms with van der Waals surface area (Å²) in [6.07, 6.45) is 2.45. The van der Waals surface area contributed by atoms with Gasteiger partial charge in [0, 0.05) is 19.1 Å². The van der Waals surface area contributed by atoms with Gasteiger partial charge in [-0.05, 0) is 12.8 Å². The molecule has 0 amide bonds. The molecule has 4 heteroatoms. The maximum Gasteiger partial charge on any atom is 0.323 e. The number of hydrogen-bond acceptors (Lipinski definition) is 2. The number of ether oxygens (including phenoxy) is 1. The first kappa shape index (κ1) is 8.11. The van der Waals surface area contributed by atoms with Gasteiger partial charge in [0.05, 0.1) is 0 Å². The lowest BCUT2D eigenvalue weighted by Crippen LogP contribution is -2.24. The number of carbonyl (C=O) groups is 1. The molecule has 1 saturated heterocycles. The fourth-order valence-corrected chi connectivity index (χ4v) is 1.14. The first-order valence-corrected chi connectivity index (χ1v) is 3.63. The Bertz CT molecular complexity index is 191. The maximum atomic E-state index is 11.0. The molecule has 0 aromatic carbocycles. The minimum atomic E-state index is -0.101. The number of nitrogens with zero attached hydrogens (tertiary/aromatic N) is 2. The lowest BCUT2D eigenvalue weighted by molar-refractivity contribution is -0.122. The SMILES string of the molecule is [N-]=[N+]=CC(=O)C1CCOCC1. The van der Waals surface area contributed by atoms with Crippen LogP contribution in [0.3, 0.4) is 0 Å². The van der Waals surface area contributed by atoms with Crippen LogP contribution in [-0.2, 0) is 9.53 Å². The van der Waals surface area contributed by atoms with E-state index in [1.165, 1.54) is 0 Å². The van der Waals surface area contributed by atoms with Gasteiger partial charge in [0.2, 0.25) is 5.78 Å². The predicted molar refractivity (Wildman–Crippen MR) is 38.2 cm³/mol. The summed E-state index contributed by atoms with van der Waals surface area (Å²) in [4.78, 5) is 13.7. The number of rotatable bonds is 2. The van der Waals surface area contributed by atoms with Gasteiger partial charge in [-0.25, -0.2) is 0 Å². The van der Waals surface area contributed by atoms with E-state index in [1.807, 2.05) is 0 Å². The summed E-state index contributed by atoms with van der Waals surface area (Å²) in [6, 6.07) is 0. The van der Waals surface area contributed by atoms with E-state index in [0.29, 0.717) is 13.2 Å². The first-order chi connectivity index (χ1) is 5.34. The van der Waals surface area contributed by atoms with Gasteiger partial charge in [-0.2, -0.15) is 4.79 Å². The maximum absolute atomic E-state index is 11.0. The molecule has 0 aliphatic carbocycles. The van der Waals surface area contributed by atoms with Crippen molar-refractivity contribution in [2.24, 2.45) is 5.92 Å². The number of carbonyl (C=O) groups excluding carboxylic acids is 1. The van der Waals surface area contributed by atoms with Crippen molar-refractivity contribution in [3.8, 4) is 0 Å². The molecule has 0 saturated carbocycles. The van der Waals surface area contributed by atoms with Gasteiger partial charge in [-0.3, -0.25) is 4.79 Å². The van der Waals surface area contributed by atoms with E-state index in [4.69, 9.17) is 10.3 Å². The monoisotopic (exact) mass is 154 g/mol. The molecule has 0 bridgehead atoms. The Kier molecular flexibility index (Phi) is 2.95. The Morgan fingerprint density at radius 1 is 1.55 bits per heavy atom. The molecule has 60 valence electrons. The van der Waals surface area contributed by atoms with Crippen LogP contribution in [0.25, 0.3) is 5.53 Å². The number of hydrogen-bond donors (Lipinski definition) is 0. The van der Waals surface area contributed by atoms with E-state index in [2.05, 4.69) is 4.79 Å². The molecule has 0 unspecified atom stereocenters. The topological polar surface area (TPSA) is 62.7 Å². The minimum absolute atomic E-state index is 0.000324. The molecule has 1 heterocycles. The zero-order valence-corrected chi connectivity index (χ0v) is 6.19. The Hall–Kier alpha value is -0.990. The summed E-state index contributed by atoms with van der Waals surface area (Å²) in [7, 11) is 0. The number of ketones is 1. The van der Waals surface area contributed by atoms with Crippen LogP contribution in [0.4, 0.5) is 0 Å². The van der Waals surface area contributed by atoms with E-state index in [9.17, 15) is 4.79 Å². The highest BCUT2D eigenvalue weighted by atomic mass is 16.5. The average Bonchev–Trinajstić information content (AvgIpc) is 2.07. The van der Waals surface area contributed by atoms with Crippen LogP contribution in [0, 0.1) is 5.92 Å². The highest BCUT2D eigenvalue weighted by Gasteiger charge is 2.22. The summed E-state index contributed by atoms with van der Waals surface area (Å²) < 4.78 is 5.07. The second kappa shape index (κ2) is 4.01. The minimum Gasteiger partial charge on any atom is -0.381 e.